The number of ether oxygens (including phenoxy) is 10. The molecular formula is C51H82O20. The van der Waals surface area contributed by atoms with Crippen molar-refractivity contribution in [1.29, 1.82) is 0 Å². The second-order valence-electron chi connectivity index (χ2n) is 23.8. The summed E-state index contributed by atoms with van der Waals surface area (Å²) in [5.41, 5.74) is 1.44. The van der Waals surface area contributed by atoms with E-state index in [4.69, 9.17) is 47.4 Å². The molecule has 3 saturated carbocycles. The van der Waals surface area contributed by atoms with E-state index in [2.05, 4.69) is 33.8 Å². The largest absolute Gasteiger partial charge is 0.394 e. The fourth-order valence-corrected chi connectivity index (χ4v) is 15.4. The summed E-state index contributed by atoms with van der Waals surface area (Å²) in [6.07, 6.45) is -19.9. The molecule has 0 bridgehead atoms. The first-order chi connectivity index (χ1) is 33.6. The van der Waals surface area contributed by atoms with Crippen LogP contribution in [0.5, 0.6) is 0 Å². The molecule has 0 radical (unpaired) electrons. The van der Waals surface area contributed by atoms with E-state index in [1.54, 1.807) is 0 Å². The molecule has 0 aromatic carbocycles. The van der Waals surface area contributed by atoms with Gasteiger partial charge in [0.1, 0.15) is 79.4 Å². The van der Waals surface area contributed by atoms with Crippen LogP contribution in [0.1, 0.15) is 106 Å². The first kappa shape index (κ1) is 53.3. The zero-order valence-electron chi connectivity index (χ0n) is 42.1. The number of hydrogen-bond donors (Lipinski definition) is 10. The molecule has 31 atom stereocenters. The van der Waals surface area contributed by atoms with E-state index < -0.39 is 141 Å². The van der Waals surface area contributed by atoms with Gasteiger partial charge in [-0.25, -0.2) is 0 Å². The third-order valence-electron chi connectivity index (χ3n) is 19.7. The van der Waals surface area contributed by atoms with E-state index in [1.807, 2.05) is 0 Å². The average molecular weight is 1020 g/mol. The second kappa shape index (κ2) is 20.1. The Morgan fingerprint density at radius 1 is 0.592 bits per heavy atom. The standard InChI is InChI=1S/C51H82O20/c1-20-10-15-51(62-19-20)21(2)32-30(71-51)17-29-27-9-8-25-16-26(11-13-49(25,6)28(27)12-14-50(29,32)7)66-47-41(61)43(69-45-39(59)36(56)33(53)22(3)63-45)42(31(18-52)67-47)68-48-44(38(58)35(55)24(5)65-48)70-46-40(60)37(57)34(54)23(4)64-46/h8,20-24,26-48,52-61H,9-19H2,1-7H3/t20-,21+,22+,23+,24+,26+,27-,28+,29+,30+,31-,32+,33+,34+,35+,36-,37-,38-,39-,40-,41-,42-,43-,44-,45+,46+,47-,48+,49+,50+,51-/m1/s1. The molecule has 4 aliphatic carbocycles. The molecule has 0 aromatic rings. The lowest BCUT2D eigenvalue weighted by molar-refractivity contribution is -0.400. The van der Waals surface area contributed by atoms with Gasteiger partial charge in [-0.05, 0) is 113 Å². The second-order valence-corrected chi connectivity index (χ2v) is 23.8. The molecule has 71 heavy (non-hydrogen) atoms. The van der Waals surface area contributed by atoms with Crippen molar-refractivity contribution in [3.05, 3.63) is 11.6 Å². The van der Waals surface area contributed by atoms with E-state index in [-0.39, 0.29) is 16.9 Å². The van der Waals surface area contributed by atoms with Gasteiger partial charge in [-0.2, -0.15) is 0 Å². The zero-order valence-corrected chi connectivity index (χ0v) is 42.1. The highest BCUT2D eigenvalue weighted by Crippen LogP contribution is 2.71. The van der Waals surface area contributed by atoms with Gasteiger partial charge in [0.05, 0.1) is 43.7 Å². The lowest BCUT2D eigenvalue weighted by Crippen LogP contribution is -2.67. The van der Waals surface area contributed by atoms with Crippen LogP contribution in [-0.4, -0.2) is 205 Å². The molecule has 10 rings (SSSR count). The molecule has 9 fully saturated rings. The zero-order chi connectivity index (χ0) is 50.8. The number of aliphatic hydroxyl groups is 10. The molecule has 406 valence electrons. The third-order valence-corrected chi connectivity index (χ3v) is 19.7. The molecule has 0 aromatic heterocycles. The highest BCUT2D eigenvalue weighted by molar-refractivity contribution is 5.26. The van der Waals surface area contributed by atoms with Crippen LogP contribution in [0.4, 0.5) is 0 Å². The normalized spacial score (nSPS) is 58.4. The van der Waals surface area contributed by atoms with Crippen LogP contribution in [0.15, 0.2) is 11.6 Å². The van der Waals surface area contributed by atoms with Gasteiger partial charge in [-0.15, -0.1) is 0 Å². The summed E-state index contributed by atoms with van der Waals surface area (Å²) in [7, 11) is 0. The first-order valence-corrected chi connectivity index (χ1v) is 26.6. The highest BCUT2D eigenvalue weighted by atomic mass is 16.8. The summed E-state index contributed by atoms with van der Waals surface area (Å²) in [6.45, 7) is 14.0. The first-order valence-electron chi connectivity index (χ1n) is 26.6. The lowest BCUT2D eigenvalue weighted by Gasteiger charge is -2.58. The topological polar surface area (TPSA) is 295 Å². The summed E-state index contributed by atoms with van der Waals surface area (Å²) in [6, 6.07) is 0. The summed E-state index contributed by atoms with van der Waals surface area (Å²) in [5.74, 6) is 2.47. The van der Waals surface area contributed by atoms with Crippen molar-refractivity contribution in [3.8, 4) is 0 Å². The summed E-state index contributed by atoms with van der Waals surface area (Å²) < 4.78 is 62.7. The molecule has 6 heterocycles. The monoisotopic (exact) mass is 1010 g/mol. The number of hydrogen-bond acceptors (Lipinski definition) is 20. The molecule has 20 nitrogen and oxygen atoms in total. The van der Waals surface area contributed by atoms with Crippen molar-refractivity contribution >= 4 is 0 Å². The SMILES string of the molecule is C[C@@H]1CC[C@@]2(OC1)O[C@H]1C[C@H]3[C@@H]4CC=C5C[C@@H](O[C@@H]6O[C@H](CO)[C@@H](O[C@@H]7O[C@@H](C)[C@H](O)[C@@H](O)[C@H]7O[C@@H]7O[C@@H](C)[C@H](O)[C@@H](O)[C@H]7O)[C@H](O[C@@H]7O[C@@H](C)[C@H](O)[C@@H](O)[C@H]7O)[C@H]6O)CC[C@]5(C)[C@H]4CC[C@]3(C)[C@H]1[C@@H]2C. The van der Waals surface area contributed by atoms with Crippen LogP contribution < -0.4 is 0 Å². The van der Waals surface area contributed by atoms with E-state index in [1.165, 1.54) is 26.3 Å². The van der Waals surface area contributed by atoms with Crippen LogP contribution in [0.3, 0.4) is 0 Å². The van der Waals surface area contributed by atoms with Gasteiger partial charge in [0.15, 0.2) is 30.9 Å². The molecule has 10 N–H and O–H groups in total. The molecule has 0 unspecified atom stereocenters. The van der Waals surface area contributed by atoms with Crippen molar-refractivity contribution in [1.82, 2.24) is 0 Å². The van der Waals surface area contributed by atoms with E-state index >= 15 is 0 Å². The van der Waals surface area contributed by atoms with Crippen LogP contribution >= 0.6 is 0 Å². The molecule has 10 aliphatic rings. The maximum atomic E-state index is 12.3. The van der Waals surface area contributed by atoms with Crippen molar-refractivity contribution < 1.29 is 98.4 Å². The van der Waals surface area contributed by atoms with Crippen LogP contribution in [0.2, 0.25) is 0 Å². The fourth-order valence-electron chi connectivity index (χ4n) is 15.4. The van der Waals surface area contributed by atoms with E-state index in [0.717, 1.165) is 51.6 Å². The molecular weight excluding hydrogens is 933 g/mol. The number of allylic oxidation sites excluding steroid dienone is 1. The van der Waals surface area contributed by atoms with Gasteiger partial charge in [-0.3, -0.25) is 0 Å². The number of rotatable bonds is 9. The maximum Gasteiger partial charge on any atom is 0.187 e. The van der Waals surface area contributed by atoms with Gasteiger partial charge in [0.2, 0.25) is 0 Å². The van der Waals surface area contributed by atoms with Gasteiger partial charge < -0.3 is 98.4 Å². The molecule has 1 spiro atoms. The Balaban J connectivity index is 0.864. The molecule has 0 amide bonds. The van der Waals surface area contributed by atoms with Crippen LogP contribution in [0, 0.1) is 46.3 Å². The van der Waals surface area contributed by atoms with Crippen molar-refractivity contribution in [3.63, 3.8) is 0 Å². The fraction of sp³-hybridized carbons (Fsp3) is 0.961. The van der Waals surface area contributed by atoms with Crippen molar-refractivity contribution in [2.24, 2.45) is 46.3 Å². The molecule has 6 aliphatic heterocycles. The van der Waals surface area contributed by atoms with E-state index in [9.17, 15) is 51.1 Å². The highest BCUT2D eigenvalue weighted by Gasteiger charge is 2.69. The minimum absolute atomic E-state index is 0.0541. The Morgan fingerprint density at radius 3 is 1.80 bits per heavy atom. The van der Waals surface area contributed by atoms with Crippen LogP contribution in [0.25, 0.3) is 0 Å². The predicted octanol–water partition coefficient (Wildman–Crippen LogP) is 0.0935. The quantitative estimate of drug-likeness (QED) is 0.137. The number of fused-ring (bicyclic) bond motifs is 7. The third kappa shape index (κ3) is 9.03. The lowest BCUT2D eigenvalue weighted by atomic mass is 9.47. The predicted molar refractivity (Wildman–Crippen MR) is 244 cm³/mol. The van der Waals surface area contributed by atoms with E-state index in [0.29, 0.717) is 48.3 Å². The van der Waals surface area contributed by atoms with Crippen LogP contribution in [-0.2, 0) is 47.4 Å². The van der Waals surface area contributed by atoms with Crippen molar-refractivity contribution in [2.75, 3.05) is 13.2 Å². The Bertz CT molecular complexity index is 1890. The number of aliphatic hydroxyl groups excluding tert-OH is 10. The minimum atomic E-state index is -1.81. The van der Waals surface area contributed by atoms with Gasteiger partial charge in [-0.1, -0.05) is 39.3 Å². The maximum absolute atomic E-state index is 12.3. The average Bonchev–Trinajstić information content (AvgIpc) is 3.79. The minimum Gasteiger partial charge on any atom is -0.394 e. The van der Waals surface area contributed by atoms with Crippen molar-refractivity contribution in [2.45, 2.75) is 247 Å². The molecule has 6 saturated heterocycles. The van der Waals surface area contributed by atoms with Gasteiger partial charge >= 0.3 is 0 Å². The smallest absolute Gasteiger partial charge is 0.187 e. The summed E-state index contributed by atoms with van der Waals surface area (Å²) in [5, 5.41) is 110. The Kier molecular flexibility index (Phi) is 15.1. The Labute approximate surface area is 415 Å². The molecule has 20 heteroatoms. The summed E-state index contributed by atoms with van der Waals surface area (Å²) in [4.78, 5) is 0. The summed E-state index contributed by atoms with van der Waals surface area (Å²) >= 11 is 0. The Morgan fingerprint density at radius 2 is 1.18 bits per heavy atom. The van der Waals surface area contributed by atoms with Gasteiger partial charge in [0, 0.05) is 12.3 Å². The van der Waals surface area contributed by atoms with Gasteiger partial charge in [0.25, 0.3) is 0 Å². The Hall–Kier alpha value is -1.06.